The van der Waals surface area contributed by atoms with Gasteiger partial charge in [-0.2, -0.15) is 0 Å². The molecule has 0 atom stereocenters. The zero-order valence-corrected chi connectivity index (χ0v) is 7.51. The molecule has 3 N–H and O–H groups in total. The highest BCUT2D eigenvalue weighted by molar-refractivity contribution is 5.77. The lowest BCUT2D eigenvalue weighted by Gasteiger charge is -2.22. The van der Waals surface area contributed by atoms with Gasteiger partial charge in [-0.05, 0) is 20.8 Å². The van der Waals surface area contributed by atoms with Crippen LogP contribution >= 0.6 is 0 Å². The van der Waals surface area contributed by atoms with Crippen LogP contribution in [-0.4, -0.2) is 17.5 Å². The Morgan fingerprint density at radius 3 is 2.33 bits per heavy atom. The summed E-state index contributed by atoms with van der Waals surface area (Å²) >= 11 is 0. The van der Waals surface area contributed by atoms with Crippen LogP contribution in [0.1, 0.15) is 27.2 Å². The fraction of sp³-hybridized carbons (Fsp3) is 0.714. The van der Waals surface area contributed by atoms with E-state index in [0.717, 1.165) is 0 Å². The van der Waals surface area contributed by atoms with E-state index in [1.54, 1.807) is 13.8 Å². The van der Waals surface area contributed by atoms with Crippen molar-refractivity contribution in [3.63, 3.8) is 0 Å². The molecule has 0 aliphatic carbocycles. The molecule has 0 aromatic heterocycles. The van der Waals surface area contributed by atoms with Crippen molar-refractivity contribution in [1.29, 1.82) is 0 Å². The third-order valence-electron chi connectivity index (χ3n) is 1.16. The average Bonchev–Trinajstić information content (AvgIpc) is 1.83. The maximum atomic E-state index is 10.7. The van der Waals surface area contributed by atoms with Gasteiger partial charge in [-0.25, -0.2) is 10.6 Å². The molecule has 0 heterocycles. The Bertz CT molecular complexity index is 189. The lowest BCUT2D eigenvalue weighted by atomic mass is 10.0. The van der Waals surface area contributed by atoms with E-state index in [1.807, 2.05) is 5.43 Å². The van der Waals surface area contributed by atoms with Crippen LogP contribution in [0.15, 0.2) is 0 Å². The molecule has 1 amide bonds. The fourth-order valence-corrected chi connectivity index (χ4v) is 0.916. The molecule has 70 valence electrons. The number of amides is 1. The molecule has 0 aromatic carbocycles. The van der Waals surface area contributed by atoms with Crippen molar-refractivity contribution in [3.8, 4) is 0 Å². The zero-order valence-electron chi connectivity index (χ0n) is 7.51. The van der Waals surface area contributed by atoms with E-state index in [-0.39, 0.29) is 12.2 Å². The maximum absolute atomic E-state index is 10.7. The zero-order chi connectivity index (χ0) is 9.78. The number of Topliss-reactive ketones (excluding diaryl/α,β-unsaturated/α-hetero) is 1. The number of hydrogen-bond donors (Lipinski definition) is 2. The summed E-state index contributed by atoms with van der Waals surface area (Å²) in [6.07, 6.45) is -0.554. The summed E-state index contributed by atoms with van der Waals surface area (Å²) in [6.45, 7) is 4.72. The molecule has 0 aromatic rings. The molecule has 0 spiro atoms. The van der Waals surface area contributed by atoms with Crippen LogP contribution < -0.4 is 11.3 Å². The smallest absolute Gasteiger partial charge is 0.421 e. The third kappa shape index (κ3) is 4.68. The summed E-state index contributed by atoms with van der Waals surface area (Å²) in [5.41, 5.74) is 1.03. The van der Waals surface area contributed by atoms with Crippen LogP contribution in [-0.2, 0) is 9.53 Å². The van der Waals surface area contributed by atoms with E-state index in [4.69, 9.17) is 10.6 Å². The molecular formula is C7H14N2O3. The molecule has 0 aliphatic heterocycles. The monoisotopic (exact) mass is 174 g/mol. The topological polar surface area (TPSA) is 81.4 Å². The Morgan fingerprint density at radius 2 is 2.00 bits per heavy atom. The number of nitrogens with one attached hydrogen (secondary N) is 1. The second kappa shape index (κ2) is 4.06. The first-order valence-corrected chi connectivity index (χ1v) is 3.56. The Morgan fingerprint density at radius 1 is 1.50 bits per heavy atom. The Balaban J connectivity index is 4.03. The number of nitrogens with two attached hydrogens (primary N) is 1. The number of rotatable bonds is 3. The molecule has 5 nitrogen and oxygen atoms in total. The Hall–Kier alpha value is -1.10. The van der Waals surface area contributed by atoms with E-state index in [9.17, 15) is 9.59 Å². The Kier molecular flexibility index (Phi) is 3.69. The average molecular weight is 174 g/mol. The normalized spacial score (nSPS) is 10.7. The molecule has 0 saturated heterocycles. The van der Waals surface area contributed by atoms with Crippen LogP contribution in [0.4, 0.5) is 4.79 Å². The molecule has 12 heavy (non-hydrogen) atoms. The highest BCUT2D eigenvalue weighted by Gasteiger charge is 2.24. The van der Waals surface area contributed by atoms with Crippen LogP contribution in [0.25, 0.3) is 0 Å². The number of hydrazine groups is 1. The number of ketones is 1. The predicted molar refractivity (Wildman–Crippen MR) is 43.2 cm³/mol. The van der Waals surface area contributed by atoms with Crippen molar-refractivity contribution in [2.24, 2.45) is 5.84 Å². The van der Waals surface area contributed by atoms with E-state index in [2.05, 4.69) is 0 Å². The van der Waals surface area contributed by atoms with Gasteiger partial charge in [0.15, 0.2) is 0 Å². The minimum Gasteiger partial charge on any atom is -0.442 e. The minimum absolute atomic E-state index is 0.0372. The SMILES string of the molecule is CC(=O)CC(C)(C)OC(=O)NN. The van der Waals surface area contributed by atoms with Crippen molar-refractivity contribution >= 4 is 11.9 Å². The first-order valence-electron chi connectivity index (χ1n) is 3.56. The standard InChI is InChI=1S/C7H14N2O3/c1-5(10)4-7(2,3)12-6(11)9-8/h4,8H2,1-3H3,(H,9,11). The highest BCUT2D eigenvalue weighted by atomic mass is 16.6. The van der Waals surface area contributed by atoms with Gasteiger partial charge in [-0.15, -0.1) is 0 Å². The predicted octanol–water partition coefficient (Wildman–Crippen LogP) is 0.344. The van der Waals surface area contributed by atoms with Gasteiger partial charge in [0, 0.05) is 6.42 Å². The van der Waals surface area contributed by atoms with Gasteiger partial charge in [0.05, 0.1) is 0 Å². The molecule has 0 saturated carbocycles. The first kappa shape index (κ1) is 10.9. The van der Waals surface area contributed by atoms with Gasteiger partial charge in [-0.3, -0.25) is 10.2 Å². The molecule has 0 fully saturated rings. The van der Waals surface area contributed by atoms with Crippen LogP contribution in [0, 0.1) is 0 Å². The lowest BCUT2D eigenvalue weighted by molar-refractivity contribution is -0.120. The number of carbonyl (C=O) groups excluding carboxylic acids is 2. The summed E-state index contributed by atoms with van der Waals surface area (Å²) < 4.78 is 4.80. The second-order valence-corrected chi connectivity index (χ2v) is 3.17. The molecule has 5 heteroatoms. The van der Waals surface area contributed by atoms with Gasteiger partial charge in [0.25, 0.3) is 0 Å². The summed E-state index contributed by atoms with van der Waals surface area (Å²) in [5.74, 6) is 4.76. The fourth-order valence-electron chi connectivity index (χ4n) is 0.916. The number of carbonyl (C=O) groups is 2. The van der Waals surface area contributed by atoms with Crippen molar-refractivity contribution in [3.05, 3.63) is 0 Å². The van der Waals surface area contributed by atoms with Gasteiger partial charge >= 0.3 is 6.09 Å². The molecular weight excluding hydrogens is 160 g/mol. The van der Waals surface area contributed by atoms with Crippen LogP contribution in [0.5, 0.6) is 0 Å². The lowest BCUT2D eigenvalue weighted by Crippen LogP contribution is -2.38. The van der Waals surface area contributed by atoms with Crippen molar-refractivity contribution in [2.75, 3.05) is 0 Å². The summed E-state index contributed by atoms with van der Waals surface area (Å²) in [5, 5.41) is 0. The van der Waals surface area contributed by atoms with Crippen molar-refractivity contribution in [1.82, 2.24) is 5.43 Å². The molecule has 0 radical (unpaired) electrons. The number of ether oxygens (including phenoxy) is 1. The van der Waals surface area contributed by atoms with Crippen molar-refractivity contribution < 1.29 is 14.3 Å². The first-order chi connectivity index (χ1) is 5.37. The molecule has 0 unspecified atom stereocenters. The van der Waals surface area contributed by atoms with E-state index in [1.165, 1.54) is 6.92 Å². The van der Waals surface area contributed by atoms with Crippen LogP contribution in [0.2, 0.25) is 0 Å². The maximum Gasteiger partial charge on any atom is 0.421 e. The molecule has 0 aliphatic rings. The highest BCUT2D eigenvalue weighted by Crippen LogP contribution is 2.14. The van der Waals surface area contributed by atoms with Crippen LogP contribution in [0.3, 0.4) is 0 Å². The second-order valence-electron chi connectivity index (χ2n) is 3.17. The van der Waals surface area contributed by atoms with E-state index >= 15 is 0 Å². The molecule has 0 rings (SSSR count). The third-order valence-corrected chi connectivity index (χ3v) is 1.16. The summed E-state index contributed by atoms with van der Waals surface area (Å²) in [7, 11) is 0. The van der Waals surface area contributed by atoms with Gasteiger partial charge in [0.2, 0.25) is 0 Å². The van der Waals surface area contributed by atoms with E-state index in [0.29, 0.717) is 0 Å². The largest absolute Gasteiger partial charge is 0.442 e. The minimum atomic E-state index is -0.796. The Labute approximate surface area is 71.2 Å². The van der Waals surface area contributed by atoms with Gasteiger partial charge < -0.3 is 4.74 Å². The quantitative estimate of drug-likeness (QED) is 0.367. The molecule has 0 bridgehead atoms. The van der Waals surface area contributed by atoms with Gasteiger partial charge in [0.1, 0.15) is 11.4 Å². The van der Waals surface area contributed by atoms with Gasteiger partial charge in [-0.1, -0.05) is 0 Å². The number of hydrogen-bond acceptors (Lipinski definition) is 4. The van der Waals surface area contributed by atoms with Crippen molar-refractivity contribution in [2.45, 2.75) is 32.8 Å². The summed E-state index contributed by atoms with van der Waals surface area (Å²) in [4.78, 5) is 21.3. The van der Waals surface area contributed by atoms with E-state index < -0.39 is 11.7 Å². The summed E-state index contributed by atoms with van der Waals surface area (Å²) in [6, 6.07) is 0.